The molecule has 0 amide bonds. The normalized spacial score (nSPS) is 11.2. The van der Waals surface area contributed by atoms with Gasteiger partial charge in [-0.05, 0) is 38.1 Å². The van der Waals surface area contributed by atoms with Crippen LogP contribution in [-0.4, -0.2) is 19.7 Å². The Kier molecular flexibility index (Phi) is 2.98. The molecule has 0 aliphatic carbocycles. The maximum absolute atomic E-state index is 5.64. The van der Waals surface area contributed by atoms with Crippen LogP contribution >= 0.6 is 0 Å². The highest BCUT2D eigenvalue weighted by atomic mass is 15.3. The van der Waals surface area contributed by atoms with E-state index in [-0.39, 0.29) is 0 Å². The van der Waals surface area contributed by atoms with Crippen LogP contribution in [0.5, 0.6) is 0 Å². The Morgan fingerprint density at radius 3 is 2.85 bits per heavy atom. The summed E-state index contributed by atoms with van der Waals surface area (Å²) >= 11 is 0. The molecule has 0 saturated carbocycles. The molecule has 6 heteroatoms. The van der Waals surface area contributed by atoms with Gasteiger partial charge in [-0.25, -0.2) is 4.98 Å². The third kappa shape index (κ3) is 2.27. The van der Waals surface area contributed by atoms with E-state index in [9.17, 15) is 0 Å². The van der Waals surface area contributed by atoms with Crippen molar-refractivity contribution in [3.63, 3.8) is 0 Å². The number of fused-ring (bicyclic) bond motifs is 1. The molecule has 0 saturated heterocycles. The third-order valence-electron chi connectivity index (χ3n) is 3.02. The molecule has 0 atom stereocenters. The number of nitrogens with zero attached hydrogens (tertiary/aromatic N) is 4. The van der Waals surface area contributed by atoms with E-state index in [4.69, 9.17) is 5.73 Å². The summed E-state index contributed by atoms with van der Waals surface area (Å²) in [5.74, 6) is 0.927. The maximum Gasteiger partial charge on any atom is 0.229 e. The fourth-order valence-corrected chi connectivity index (χ4v) is 2.09. The van der Waals surface area contributed by atoms with Crippen molar-refractivity contribution in [2.24, 2.45) is 0 Å². The Hall–Kier alpha value is -2.63. The molecule has 0 unspecified atom stereocenters. The second kappa shape index (κ2) is 4.80. The van der Waals surface area contributed by atoms with Gasteiger partial charge in [0.2, 0.25) is 5.95 Å². The van der Waals surface area contributed by atoms with E-state index in [1.165, 1.54) is 0 Å². The van der Waals surface area contributed by atoms with E-state index in [0.717, 1.165) is 16.6 Å². The van der Waals surface area contributed by atoms with E-state index in [0.29, 0.717) is 17.8 Å². The number of aromatic nitrogens is 4. The molecule has 0 radical (unpaired) electrons. The SMILES string of the molecule is CC(C)n1ncc2ccc(Nc3nccc(N)n3)cc21. The molecular weight excluding hydrogens is 252 g/mol. The lowest BCUT2D eigenvalue weighted by Gasteiger charge is -2.09. The van der Waals surface area contributed by atoms with Gasteiger partial charge in [-0.1, -0.05) is 0 Å². The van der Waals surface area contributed by atoms with E-state index in [1.54, 1.807) is 12.3 Å². The van der Waals surface area contributed by atoms with Crippen LogP contribution in [0, 0.1) is 0 Å². The summed E-state index contributed by atoms with van der Waals surface area (Å²) < 4.78 is 1.99. The van der Waals surface area contributed by atoms with Crippen molar-refractivity contribution in [2.75, 3.05) is 11.1 Å². The van der Waals surface area contributed by atoms with Crippen molar-refractivity contribution < 1.29 is 0 Å². The zero-order valence-corrected chi connectivity index (χ0v) is 11.4. The molecule has 3 N–H and O–H groups in total. The zero-order valence-electron chi connectivity index (χ0n) is 11.4. The van der Waals surface area contributed by atoms with Crippen LogP contribution in [0.4, 0.5) is 17.5 Å². The van der Waals surface area contributed by atoms with E-state index < -0.39 is 0 Å². The minimum Gasteiger partial charge on any atom is -0.384 e. The minimum absolute atomic E-state index is 0.311. The van der Waals surface area contributed by atoms with Gasteiger partial charge in [-0.2, -0.15) is 10.1 Å². The molecule has 3 aromatic rings. The van der Waals surface area contributed by atoms with Gasteiger partial charge in [0, 0.05) is 23.3 Å². The molecule has 2 heterocycles. The molecule has 1 aromatic carbocycles. The zero-order chi connectivity index (χ0) is 14.1. The van der Waals surface area contributed by atoms with Crippen molar-refractivity contribution in [2.45, 2.75) is 19.9 Å². The Balaban J connectivity index is 1.98. The second-order valence-corrected chi connectivity index (χ2v) is 4.89. The Bertz CT molecular complexity index is 746. The maximum atomic E-state index is 5.64. The van der Waals surface area contributed by atoms with Crippen molar-refractivity contribution in [3.05, 3.63) is 36.7 Å². The van der Waals surface area contributed by atoms with Crippen LogP contribution in [0.3, 0.4) is 0 Å². The van der Waals surface area contributed by atoms with E-state index in [1.807, 2.05) is 29.1 Å². The smallest absolute Gasteiger partial charge is 0.229 e. The number of anilines is 3. The van der Waals surface area contributed by atoms with Gasteiger partial charge in [0.05, 0.1) is 11.7 Å². The number of benzene rings is 1. The molecule has 6 nitrogen and oxygen atoms in total. The second-order valence-electron chi connectivity index (χ2n) is 4.89. The summed E-state index contributed by atoms with van der Waals surface area (Å²) in [7, 11) is 0. The van der Waals surface area contributed by atoms with Gasteiger partial charge >= 0.3 is 0 Å². The third-order valence-corrected chi connectivity index (χ3v) is 3.02. The summed E-state index contributed by atoms with van der Waals surface area (Å²) in [6, 6.07) is 8.00. The van der Waals surface area contributed by atoms with Crippen molar-refractivity contribution in [3.8, 4) is 0 Å². The lowest BCUT2D eigenvalue weighted by molar-refractivity contribution is 0.551. The van der Waals surface area contributed by atoms with Crippen molar-refractivity contribution >= 4 is 28.4 Å². The molecule has 2 aromatic heterocycles. The van der Waals surface area contributed by atoms with Crippen LogP contribution in [-0.2, 0) is 0 Å². The standard InChI is InChI=1S/C14H16N6/c1-9(2)20-12-7-11(4-3-10(12)8-17-20)18-14-16-6-5-13(15)19-14/h3-9H,1-2H3,(H3,15,16,18,19). The quantitative estimate of drug-likeness (QED) is 0.763. The van der Waals surface area contributed by atoms with Gasteiger partial charge in [0.15, 0.2) is 0 Å². The number of hydrogen-bond donors (Lipinski definition) is 2. The van der Waals surface area contributed by atoms with E-state index >= 15 is 0 Å². The van der Waals surface area contributed by atoms with Gasteiger partial charge in [0.25, 0.3) is 0 Å². The first kappa shape index (κ1) is 12.4. The van der Waals surface area contributed by atoms with Crippen LogP contribution in [0.1, 0.15) is 19.9 Å². The number of nitrogens with two attached hydrogens (primary N) is 1. The van der Waals surface area contributed by atoms with Crippen LogP contribution < -0.4 is 11.1 Å². The molecule has 102 valence electrons. The number of nitrogens with one attached hydrogen (secondary N) is 1. The highest BCUT2D eigenvalue weighted by molar-refractivity contribution is 5.83. The molecule has 3 rings (SSSR count). The van der Waals surface area contributed by atoms with Crippen LogP contribution in [0.15, 0.2) is 36.7 Å². The summed E-state index contributed by atoms with van der Waals surface area (Å²) in [5.41, 5.74) is 7.63. The summed E-state index contributed by atoms with van der Waals surface area (Å²) in [6.45, 7) is 4.21. The fraction of sp³-hybridized carbons (Fsp3) is 0.214. The topological polar surface area (TPSA) is 81.7 Å². The average molecular weight is 268 g/mol. The number of nitrogen functional groups attached to an aromatic ring is 1. The number of hydrogen-bond acceptors (Lipinski definition) is 5. The number of rotatable bonds is 3. The minimum atomic E-state index is 0.311. The summed E-state index contributed by atoms with van der Waals surface area (Å²) in [4.78, 5) is 8.26. The summed E-state index contributed by atoms with van der Waals surface area (Å²) in [6.07, 6.45) is 3.50. The van der Waals surface area contributed by atoms with Gasteiger partial charge in [0.1, 0.15) is 5.82 Å². The lowest BCUT2D eigenvalue weighted by atomic mass is 10.2. The predicted molar refractivity (Wildman–Crippen MR) is 79.8 cm³/mol. The van der Waals surface area contributed by atoms with Gasteiger partial charge < -0.3 is 11.1 Å². The Morgan fingerprint density at radius 1 is 1.25 bits per heavy atom. The Labute approximate surface area is 116 Å². The molecule has 0 fully saturated rings. The van der Waals surface area contributed by atoms with Crippen LogP contribution in [0.2, 0.25) is 0 Å². The average Bonchev–Trinajstić information content (AvgIpc) is 2.82. The van der Waals surface area contributed by atoms with Crippen molar-refractivity contribution in [1.82, 2.24) is 19.7 Å². The highest BCUT2D eigenvalue weighted by Crippen LogP contribution is 2.23. The van der Waals surface area contributed by atoms with Gasteiger partial charge in [-0.15, -0.1) is 0 Å². The highest BCUT2D eigenvalue weighted by Gasteiger charge is 2.07. The Morgan fingerprint density at radius 2 is 2.10 bits per heavy atom. The van der Waals surface area contributed by atoms with Crippen molar-refractivity contribution in [1.29, 1.82) is 0 Å². The molecule has 0 aliphatic heterocycles. The molecule has 0 spiro atoms. The fourth-order valence-electron chi connectivity index (χ4n) is 2.09. The monoisotopic (exact) mass is 268 g/mol. The van der Waals surface area contributed by atoms with Gasteiger partial charge in [-0.3, -0.25) is 4.68 Å². The first-order valence-corrected chi connectivity index (χ1v) is 6.46. The van der Waals surface area contributed by atoms with Crippen LogP contribution in [0.25, 0.3) is 10.9 Å². The lowest BCUT2D eigenvalue weighted by Crippen LogP contribution is -2.03. The molecule has 0 bridgehead atoms. The van der Waals surface area contributed by atoms with E-state index in [2.05, 4.69) is 34.2 Å². The largest absolute Gasteiger partial charge is 0.384 e. The predicted octanol–water partition coefficient (Wildman–Crippen LogP) is 2.73. The first-order chi connectivity index (χ1) is 9.63. The molecule has 20 heavy (non-hydrogen) atoms. The molecule has 0 aliphatic rings. The summed E-state index contributed by atoms with van der Waals surface area (Å²) in [5, 5.41) is 8.65. The first-order valence-electron chi connectivity index (χ1n) is 6.46. The molecular formula is C14H16N6.